The van der Waals surface area contributed by atoms with E-state index in [1.165, 1.54) is 0 Å². The van der Waals surface area contributed by atoms with Crippen LogP contribution in [0.5, 0.6) is 11.5 Å². The summed E-state index contributed by atoms with van der Waals surface area (Å²) in [5.74, 6) is 2.05. The molecule has 0 bridgehead atoms. The Bertz CT molecular complexity index is 615. The first-order chi connectivity index (χ1) is 13.2. The number of carbonyl (C=O) groups is 1. The molecule has 7 heteroatoms. The highest BCUT2D eigenvalue weighted by atomic mass is 16.7. The van der Waals surface area contributed by atoms with E-state index in [0.29, 0.717) is 25.0 Å². The molecular formula is C20H31N3O4. The van der Waals surface area contributed by atoms with Gasteiger partial charge in [0.25, 0.3) is 0 Å². The zero-order valence-corrected chi connectivity index (χ0v) is 16.3. The van der Waals surface area contributed by atoms with Crippen molar-refractivity contribution < 1.29 is 19.0 Å². The minimum Gasteiger partial charge on any atom is -0.454 e. The molecule has 0 saturated carbocycles. The predicted molar refractivity (Wildman–Crippen MR) is 103 cm³/mol. The molecule has 27 heavy (non-hydrogen) atoms. The average Bonchev–Trinajstić information content (AvgIpc) is 3.18. The Balaban J connectivity index is 1.49. The van der Waals surface area contributed by atoms with Crippen LogP contribution in [0.25, 0.3) is 0 Å². The van der Waals surface area contributed by atoms with E-state index in [1.807, 2.05) is 18.2 Å². The van der Waals surface area contributed by atoms with Crippen LogP contribution < -0.4 is 20.1 Å². The molecule has 1 aromatic rings. The fourth-order valence-corrected chi connectivity index (χ4v) is 3.83. The Kier molecular flexibility index (Phi) is 7.18. The Morgan fingerprint density at radius 3 is 2.59 bits per heavy atom. The SMILES string of the molecule is CCC(CC)[C@@H](CNC(=O)NCc1ccc2c(c1)OCO2)N1CCOCC1. The van der Waals surface area contributed by atoms with Gasteiger partial charge in [0.1, 0.15) is 0 Å². The number of urea groups is 1. The van der Waals surface area contributed by atoms with Gasteiger partial charge in [-0.05, 0) is 23.6 Å². The molecule has 1 aromatic carbocycles. The quantitative estimate of drug-likeness (QED) is 0.728. The van der Waals surface area contributed by atoms with Crippen molar-refractivity contribution in [1.82, 2.24) is 15.5 Å². The van der Waals surface area contributed by atoms with Crippen molar-refractivity contribution in [3.8, 4) is 11.5 Å². The van der Waals surface area contributed by atoms with Crippen molar-refractivity contribution in [3.05, 3.63) is 23.8 Å². The molecular weight excluding hydrogens is 346 g/mol. The van der Waals surface area contributed by atoms with Crippen LogP contribution in [0.15, 0.2) is 18.2 Å². The van der Waals surface area contributed by atoms with Gasteiger partial charge in [0.15, 0.2) is 11.5 Å². The summed E-state index contributed by atoms with van der Waals surface area (Å²) in [5.41, 5.74) is 0.985. The maximum atomic E-state index is 12.3. The van der Waals surface area contributed by atoms with E-state index in [1.54, 1.807) is 0 Å². The zero-order chi connectivity index (χ0) is 19.1. The molecule has 0 aromatic heterocycles. The van der Waals surface area contributed by atoms with Gasteiger partial charge < -0.3 is 24.8 Å². The highest BCUT2D eigenvalue weighted by molar-refractivity contribution is 5.73. The summed E-state index contributed by atoms with van der Waals surface area (Å²) in [6.45, 7) is 9.21. The molecule has 1 fully saturated rings. The number of nitrogens with one attached hydrogen (secondary N) is 2. The molecule has 0 unspecified atom stereocenters. The second-order valence-electron chi connectivity index (χ2n) is 7.04. The molecule has 1 saturated heterocycles. The summed E-state index contributed by atoms with van der Waals surface area (Å²) < 4.78 is 16.2. The molecule has 0 spiro atoms. The second kappa shape index (κ2) is 9.80. The average molecular weight is 377 g/mol. The van der Waals surface area contributed by atoms with Crippen molar-refractivity contribution in [2.24, 2.45) is 5.92 Å². The van der Waals surface area contributed by atoms with Crippen molar-refractivity contribution in [1.29, 1.82) is 0 Å². The third kappa shape index (κ3) is 5.26. The number of fused-ring (bicyclic) bond motifs is 1. The lowest BCUT2D eigenvalue weighted by Gasteiger charge is -2.38. The number of ether oxygens (including phenoxy) is 3. The Morgan fingerprint density at radius 1 is 1.11 bits per heavy atom. The van der Waals surface area contributed by atoms with Gasteiger partial charge in [-0.3, -0.25) is 4.90 Å². The lowest BCUT2D eigenvalue weighted by atomic mass is 9.92. The number of hydrogen-bond donors (Lipinski definition) is 2. The van der Waals surface area contributed by atoms with E-state index in [2.05, 4.69) is 29.4 Å². The van der Waals surface area contributed by atoms with Crippen molar-refractivity contribution in [2.45, 2.75) is 39.3 Å². The lowest BCUT2D eigenvalue weighted by Crippen LogP contribution is -2.53. The van der Waals surface area contributed by atoms with Gasteiger partial charge in [-0.25, -0.2) is 4.79 Å². The molecule has 0 radical (unpaired) electrons. The van der Waals surface area contributed by atoms with Gasteiger partial charge in [-0.1, -0.05) is 32.8 Å². The van der Waals surface area contributed by atoms with Gasteiger partial charge >= 0.3 is 6.03 Å². The number of nitrogens with zero attached hydrogens (tertiary/aromatic N) is 1. The highest BCUT2D eigenvalue weighted by Gasteiger charge is 2.27. The van der Waals surface area contributed by atoms with E-state index < -0.39 is 0 Å². The maximum Gasteiger partial charge on any atom is 0.315 e. The van der Waals surface area contributed by atoms with Crippen LogP contribution in [0.3, 0.4) is 0 Å². The summed E-state index contributed by atoms with van der Waals surface area (Å²) in [6.07, 6.45) is 2.22. The molecule has 2 amide bonds. The van der Waals surface area contributed by atoms with Crippen molar-refractivity contribution in [2.75, 3.05) is 39.6 Å². The third-order valence-corrected chi connectivity index (χ3v) is 5.47. The summed E-state index contributed by atoms with van der Waals surface area (Å²) in [5, 5.41) is 6.00. The molecule has 2 N–H and O–H groups in total. The van der Waals surface area contributed by atoms with E-state index >= 15 is 0 Å². The van der Waals surface area contributed by atoms with Gasteiger partial charge in [0.2, 0.25) is 6.79 Å². The first-order valence-corrected chi connectivity index (χ1v) is 9.93. The molecule has 7 nitrogen and oxygen atoms in total. The van der Waals surface area contributed by atoms with E-state index in [0.717, 1.165) is 56.2 Å². The van der Waals surface area contributed by atoms with Gasteiger partial charge in [-0.15, -0.1) is 0 Å². The van der Waals surface area contributed by atoms with Crippen LogP contribution in [0.2, 0.25) is 0 Å². The number of hydrogen-bond acceptors (Lipinski definition) is 5. The van der Waals surface area contributed by atoms with E-state index in [9.17, 15) is 4.79 Å². The Hall–Kier alpha value is -1.99. The number of morpholine rings is 1. The molecule has 0 aliphatic carbocycles. The second-order valence-corrected chi connectivity index (χ2v) is 7.04. The minimum atomic E-state index is -0.142. The normalized spacial score (nSPS) is 17.7. The zero-order valence-electron chi connectivity index (χ0n) is 16.3. The van der Waals surface area contributed by atoms with Crippen molar-refractivity contribution in [3.63, 3.8) is 0 Å². The monoisotopic (exact) mass is 377 g/mol. The molecule has 2 aliphatic rings. The summed E-state index contributed by atoms with van der Waals surface area (Å²) in [4.78, 5) is 14.8. The Labute approximate surface area is 161 Å². The van der Waals surface area contributed by atoms with Gasteiger partial charge in [0.05, 0.1) is 13.2 Å². The van der Waals surface area contributed by atoms with E-state index in [4.69, 9.17) is 14.2 Å². The van der Waals surface area contributed by atoms with Crippen LogP contribution >= 0.6 is 0 Å². The molecule has 1 atom stereocenters. The van der Waals surface area contributed by atoms with Gasteiger partial charge in [-0.2, -0.15) is 0 Å². The molecule has 150 valence electrons. The summed E-state index contributed by atoms with van der Waals surface area (Å²) >= 11 is 0. The highest BCUT2D eigenvalue weighted by Crippen LogP contribution is 2.32. The third-order valence-electron chi connectivity index (χ3n) is 5.47. The largest absolute Gasteiger partial charge is 0.454 e. The number of carbonyl (C=O) groups excluding carboxylic acids is 1. The Morgan fingerprint density at radius 2 is 1.85 bits per heavy atom. The summed E-state index contributed by atoms with van der Waals surface area (Å²) in [7, 11) is 0. The van der Waals surface area contributed by atoms with Crippen LogP contribution in [-0.2, 0) is 11.3 Å². The van der Waals surface area contributed by atoms with Crippen LogP contribution in [0.4, 0.5) is 4.79 Å². The van der Waals surface area contributed by atoms with Crippen LogP contribution in [0.1, 0.15) is 32.3 Å². The fourth-order valence-electron chi connectivity index (χ4n) is 3.83. The number of benzene rings is 1. The fraction of sp³-hybridized carbons (Fsp3) is 0.650. The predicted octanol–water partition coefficient (Wildman–Crippen LogP) is 2.35. The standard InChI is InChI=1S/C20H31N3O4/c1-3-16(4-2)17(23-7-9-25-10-8-23)13-22-20(24)21-12-15-5-6-18-19(11-15)27-14-26-18/h5-6,11,16-17H,3-4,7-10,12-14H2,1-2H3,(H2,21,22,24)/t17-/m1/s1. The van der Waals surface area contributed by atoms with Crippen molar-refractivity contribution >= 4 is 6.03 Å². The first kappa shape index (κ1) is 19.8. The lowest BCUT2D eigenvalue weighted by molar-refractivity contribution is 0.00237. The molecule has 2 aliphatic heterocycles. The van der Waals surface area contributed by atoms with Gasteiger partial charge in [0, 0.05) is 32.2 Å². The smallest absolute Gasteiger partial charge is 0.315 e. The molecule has 2 heterocycles. The maximum absolute atomic E-state index is 12.3. The summed E-state index contributed by atoms with van der Waals surface area (Å²) in [6, 6.07) is 5.92. The van der Waals surface area contributed by atoms with Crippen LogP contribution in [0, 0.1) is 5.92 Å². The molecule has 3 rings (SSSR count). The first-order valence-electron chi connectivity index (χ1n) is 9.93. The topological polar surface area (TPSA) is 72.1 Å². The minimum absolute atomic E-state index is 0.142. The van der Waals surface area contributed by atoms with E-state index in [-0.39, 0.29) is 12.8 Å². The van der Waals surface area contributed by atoms with Crippen LogP contribution in [-0.4, -0.2) is 56.6 Å². The number of amides is 2. The number of rotatable bonds is 8.